The number of rotatable bonds is 6. The largest absolute Gasteiger partial charge is 0.378 e. The molecule has 30 heavy (non-hydrogen) atoms. The number of aliphatic hydroxyl groups is 1. The van der Waals surface area contributed by atoms with Crippen LogP contribution < -0.4 is 0 Å². The summed E-state index contributed by atoms with van der Waals surface area (Å²) in [5.74, 6) is -0.286. The Balaban J connectivity index is 1.23. The minimum absolute atomic E-state index is 0.109. The average molecular weight is 429 g/mol. The fraction of sp³-hybridized carbons (Fsp3) is 0.458. The predicted molar refractivity (Wildman–Crippen MR) is 117 cm³/mol. The fourth-order valence-electron chi connectivity index (χ4n) is 4.57. The van der Waals surface area contributed by atoms with Gasteiger partial charge in [0.05, 0.1) is 12.2 Å². The van der Waals surface area contributed by atoms with Gasteiger partial charge >= 0.3 is 0 Å². The lowest BCUT2D eigenvalue weighted by atomic mass is 9.84. The molecule has 1 spiro atoms. The average Bonchev–Trinajstić information content (AvgIpc) is 3.13. The summed E-state index contributed by atoms with van der Waals surface area (Å²) < 4.78 is 6.23. The van der Waals surface area contributed by atoms with Gasteiger partial charge in [0.2, 0.25) is 0 Å². The van der Waals surface area contributed by atoms with Crippen molar-refractivity contribution in [2.24, 2.45) is 0 Å². The van der Waals surface area contributed by atoms with Crippen molar-refractivity contribution in [3.8, 4) is 0 Å². The summed E-state index contributed by atoms with van der Waals surface area (Å²) in [6.07, 6.45) is 1.74. The molecule has 1 saturated heterocycles. The van der Waals surface area contributed by atoms with Crippen molar-refractivity contribution < 1.29 is 14.6 Å². The van der Waals surface area contributed by atoms with Crippen molar-refractivity contribution in [3.63, 3.8) is 0 Å². The molecule has 2 heterocycles. The van der Waals surface area contributed by atoms with E-state index in [4.69, 9.17) is 16.3 Å². The van der Waals surface area contributed by atoms with Crippen molar-refractivity contribution in [1.29, 1.82) is 0 Å². The number of aliphatic hydroxyl groups excluding tert-OH is 1. The van der Waals surface area contributed by atoms with Crippen LogP contribution in [-0.2, 0) is 21.7 Å². The molecule has 5 nitrogen and oxygen atoms in total. The number of likely N-dealkylation sites (tertiary alicyclic amines) is 1. The highest BCUT2D eigenvalue weighted by Gasteiger charge is 2.42. The van der Waals surface area contributed by atoms with E-state index < -0.39 is 6.10 Å². The lowest BCUT2D eigenvalue weighted by Gasteiger charge is -2.39. The molecule has 0 aromatic heterocycles. The number of hydrogen-bond donors (Lipinski definition) is 1. The first-order valence-corrected chi connectivity index (χ1v) is 11.0. The zero-order valence-electron chi connectivity index (χ0n) is 17.4. The van der Waals surface area contributed by atoms with Gasteiger partial charge in [-0.2, -0.15) is 0 Å². The van der Waals surface area contributed by atoms with E-state index in [9.17, 15) is 9.90 Å². The number of ether oxygens (including phenoxy) is 1. The normalized spacial score (nSPS) is 18.9. The van der Waals surface area contributed by atoms with E-state index in [1.807, 2.05) is 0 Å². The number of amides is 1. The molecule has 0 bridgehead atoms. The van der Waals surface area contributed by atoms with Crippen LogP contribution in [0.2, 0.25) is 5.02 Å². The molecule has 1 amide bonds. The Kier molecular flexibility index (Phi) is 6.44. The van der Waals surface area contributed by atoms with Gasteiger partial charge in [0.1, 0.15) is 0 Å². The summed E-state index contributed by atoms with van der Waals surface area (Å²) >= 11 is 5.88. The quantitative estimate of drug-likeness (QED) is 0.761. The van der Waals surface area contributed by atoms with Gasteiger partial charge in [-0.05, 0) is 54.6 Å². The van der Waals surface area contributed by atoms with Gasteiger partial charge in [0.25, 0.3) is 5.91 Å². The van der Waals surface area contributed by atoms with Crippen LogP contribution in [0.3, 0.4) is 0 Å². The molecule has 2 aromatic rings. The SMILES string of the molecule is CN(CCCN1CCC2(CC1)OCc1ccccc12)C(=O)C(O)c1ccc(Cl)cc1. The van der Waals surface area contributed by atoms with E-state index in [0.29, 0.717) is 17.1 Å². The maximum atomic E-state index is 12.5. The van der Waals surface area contributed by atoms with Crippen LogP contribution in [-0.4, -0.2) is 54.0 Å². The van der Waals surface area contributed by atoms with Crippen molar-refractivity contribution in [1.82, 2.24) is 9.80 Å². The smallest absolute Gasteiger partial charge is 0.255 e. The summed E-state index contributed by atoms with van der Waals surface area (Å²) in [6, 6.07) is 15.3. The third-order valence-electron chi connectivity index (χ3n) is 6.44. The Hall–Kier alpha value is -1.92. The maximum Gasteiger partial charge on any atom is 0.255 e. The van der Waals surface area contributed by atoms with E-state index >= 15 is 0 Å². The molecule has 160 valence electrons. The van der Waals surface area contributed by atoms with Gasteiger partial charge in [0, 0.05) is 31.7 Å². The zero-order valence-corrected chi connectivity index (χ0v) is 18.1. The van der Waals surface area contributed by atoms with Gasteiger partial charge in [-0.15, -0.1) is 0 Å². The number of fused-ring (bicyclic) bond motifs is 2. The van der Waals surface area contributed by atoms with Crippen LogP contribution in [0.15, 0.2) is 48.5 Å². The van der Waals surface area contributed by atoms with Gasteiger partial charge in [-0.25, -0.2) is 0 Å². The number of likely N-dealkylation sites (N-methyl/N-ethyl adjacent to an activating group) is 1. The molecule has 4 rings (SSSR count). The van der Waals surface area contributed by atoms with E-state index in [1.165, 1.54) is 11.1 Å². The van der Waals surface area contributed by atoms with Crippen molar-refractivity contribution in [3.05, 3.63) is 70.2 Å². The summed E-state index contributed by atoms with van der Waals surface area (Å²) in [7, 11) is 1.75. The Bertz CT molecular complexity index is 878. The molecule has 1 unspecified atom stereocenters. The number of hydrogen-bond acceptors (Lipinski definition) is 4. The molecule has 6 heteroatoms. The number of nitrogens with zero attached hydrogens (tertiary/aromatic N) is 2. The Morgan fingerprint density at radius 3 is 2.63 bits per heavy atom. The van der Waals surface area contributed by atoms with Gasteiger partial charge in [-0.3, -0.25) is 4.79 Å². The molecule has 2 aromatic carbocycles. The van der Waals surface area contributed by atoms with E-state index in [1.54, 1.807) is 36.2 Å². The summed E-state index contributed by atoms with van der Waals surface area (Å²) in [4.78, 5) is 16.6. The van der Waals surface area contributed by atoms with Crippen molar-refractivity contribution >= 4 is 17.5 Å². The zero-order chi connectivity index (χ0) is 21.1. The molecular weight excluding hydrogens is 400 g/mol. The summed E-state index contributed by atoms with van der Waals surface area (Å²) in [5, 5.41) is 10.9. The van der Waals surface area contributed by atoms with E-state index in [0.717, 1.165) is 45.5 Å². The Morgan fingerprint density at radius 1 is 1.20 bits per heavy atom. The molecule has 2 aliphatic heterocycles. The van der Waals surface area contributed by atoms with E-state index in [2.05, 4.69) is 29.2 Å². The minimum atomic E-state index is -1.15. The van der Waals surface area contributed by atoms with Crippen LogP contribution in [0.5, 0.6) is 0 Å². The fourth-order valence-corrected chi connectivity index (χ4v) is 4.70. The molecule has 0 aliphatic carbocycles. The molecular formula is C24H29ClN2O3. The second-order valence-electron chi connectivity index (χ2n) is 8.35. The molecule has 0 radical (unpaired) electrons. The third-order valence-corrected chi connectivity index (χ3v) is 6.69. The van der Waals surface area contributed by atoms with Crippen LogP contribution in [0.25, 0.3) is 0 Å². The summed E-state index contributed by atoms with van der Waals surface area (Å²) in [5.41, 5.74) is 3.15. The monoisotopic (exact) mass is 428 g/mol. The highest BCUT2D eigenvalue weighted by molar-refractivity contribution is 6.30. The predicted octanol–water partition coefficient (Wildman–Crippen LogP) is 3.74. The third kappa shape index (κ3) is 4.40. The highest BCUT2D eigenvalue weighted by atomic mass is 35.5. The second-order valence-corrected chi connectivity index (χ2v) is 8.79. The number of halogens is 1. The van der Waals surface area contributed by atoms with E-state index in [-0.39, 0.29) is 11.5 Å². The van der Waals surface area contributed by atoms with Crippen LogP contribution in [0, 0.1) is 0 Å². The van der Waals surface area contributed by atoms with Gasteiger partial charge < -0.3 is 19.6 Å². The highest BCUT2D eigenvalue weighted by Crippen LogP contribution is 2.43. The first-order chi connectivity index (χ1) is 14.5. The molecule has 1 fully saturated rings. The Labute approximate surface area is 183 Å². The lowest BCUT2D eigenvalue weighted by molar-refractivity contribution is -0.139. The van der Waals surface area contributed by atoms with Crippen molar-refractivity contribution in [2.45, 2.75) is 37.6 Å². The van der Waals surface area contributed by atoms with Crippen LogP contribution in [0.1, 0.15) is 42.1 Å². The maximum absolute atomic E-state index is 12.5. The molecule has 0 saturated carbocycles. The summed E-state index contributed by atoms with van der Waals surface area (Å²) in [6.45, 7) is 4.27. The van der Waals surface area contributed by atoms with Crippen LogP contribution >= 0.6 is 11.6 Å². The number of carbonyl (C=O) groups is 1. The standard InChI is InChI=1S/C24H29ClN2O3/c1-26(23(29)22(28)18-7-9-20(25)10-8-18)13-4-14-27-15-11-24(12-16-27)21-6-3-2-5-19(21)17-30-24/h2-3,5-10,22,28H,4,11-17H2,1H3. The van der Waals surface area contributed by atoms with Crippen LogP contribution in [0.4, 0.5) is 0 Å². The van der Waals surface area contributed by atoms with Crippen molar-refractivity contribution in [2.75, 3.05) is 33.2 Å². The number of carbonyl (C=O) groups excluding carboxylic acids is 1. The molecule has 1 N–H and O–H groups in total. The lowest BCUT2D eigenvalue weighted by Crippen LogP contribution is -2.43. The number of benzene rings is 2. The van der Waals surface area contributed by atoms with Gasteiger partial charge in [0.15, 0.2) is 6.10 Å². The Morgan fingerprint density at radius 2 is 1.90 bits per heavy atom. The first kappa shape index (κ1) is 21.3. The van der Waals surface area contributed by atoms with Gasteiger partial charge in [-0.1, -0.05) is 48.0 Å². The molecule has 1 atom stereocenters. The molecule has 2 aliphatic rings. The minimum Gasteiger partial charge on any atom is -0.378 e. The second kappa shape index (κ2) is 9.06. The first-order valence-electron chi connectivity index (χ1n) is 10.6. The topological polar surface area (TPSA) is 53.0 Å². The number of piperidine rings is 1.